The van der Waals surface area contributed by atoms with Crippen LogP contribution in [0.4, 0.5) is 22.7 Å². The van der Waals surface area contributed by atoms with Gasteiger partial charge in [-0.05, 0) is 48.5 Å². The van der Waals surface area contributed by atoms with Crippen LogP contribution in [-0.2, 0) is 14.4 Å². The molecule has 0 bridgehead atoms. The normalized spacial score (nSPS) is 17.7. The van der Waals surface area contributed by atoms with Gasteiger partial charge in [0, 0.05) is 43.8 Å². The van der Waals surface area contributed by atoms with Crippen LogP contribution < -0.4 is 16.0 Å². The zero-order valence-electron chi connectivity index (χ0n) is 22.4. The van der Waals surface area contributed by atoms with Crippen molar-refractivity contribution in [3.05, 3.63) is 82.9 Å². The third-order valence-electron chi connectivity index (χ3n) is 6.99. The highest BCUT2D eigenvalue weighted by Gasteiger charge is 2.35. The molecule has 0 aromatic heterocycles. The summed E-state index contributed by atoms with van der Waals surface area (Å²) in [4.78, 5) is 47.3. The van der Waals surface area contributed by atoms with Crippen molar-refractivity contribution in [2.75, 3.05) is 55.7 Å². The first-order valence-corrected chi connectivity index (χ1v) is 13.5. The lowest BCUT2D eigenvalue weighted by Gasteiger charge is -2.31. The highest BCUT2D eigenvalue weighted by molar-refractivity contribution is 6.31. The number of carbonyl (C=O) groups excluding carboxylic acids is 3. The maximum absolute atomic E-state index is 13.2. The van der Waals surface area contributed by atoms with Gasteiger partial charge in [-0.2, -0.15) is 0 Å². The number of hydrogen-bond donors (Lipinski definition) is 3. The van der Waals surface area contributed by atoms with E-state index in [-0.39, 0.29) is 24.3 Å². The van der Waals surface area contributed by atoms with E-state index in [4.69, 9.17) is 16.6 Å². The maximum atomic E-state index is 13.2. The third kappa shape index (κ3) is 6.39. The van der Waals surface area contributed by atoms with Crippen molar-refractivity contribution in [3.8, 4) is 0 Å². The van der Waals surface area contributed by atoms with Crippen molar-refractivity contribution in [2.24, 2.45) is 4.99 Å². The number of nitrogens with one attached hydrogen (secondary N) is 3. The number of carbonyl (C=O) groups is 3. The van der Waals surface area contributed by atoms with E-state index in [0.29, 0.717) is 33.5 Å². The molecule has 1 unspecified atom stereocenters. The lowest BCUT2D eigenvalue weighted by Crippen LogP contribution is -2.47. The summed E-state index contributed by atoms with van der Waals surface area (Å²) in [5.74, 6) is -1.29. The van der Waals surface area contributed by atoms with E-state index < -0.39 is 5.92 Å². The number of benzene rings is 3. The number of fused-ring (bicyclic) bond motifs is 1. The Bertz CT molecular complexity index is 1470. The van der Waals surface area contributed by atoms with Crippen molar-refractivity contribution < 1.29 is 14.4 Å². The summed E-state index contributed by atoms with van der Waals surface area (Å²) < 4.78 is 0. The Kier molecular flexibility index (Phi) is 8.25. The van der Waals surface area contributed by atoms with Gasteiger partial charge < -0.3 is 20.9 Å². The highest BCUT2D eigenvalue weighted by atomic mass is 35.5. The molecule has 10 heteroatoms. The van der Waals surface area contributed by atoms with Crippen LogP contribution in [0.5, 0.6) is 0 Å². The Balaban J connectivity index is 1.47. The van der Waals surface area contributed by atoms with Crippen LogP contribution >= 0.6 is 11.6 Å². The number of aliphatic imine (C=N–C) groups is 1. The van der Waals surface area contributed by atoms with E-state index in [1.54, 1.807) is 30.3 Å². The molecule has 40 heavy (non-hydrogen) atoms. The SMILES string of the molecule is CC(=O)Nc1cc(N=C(c2ccccc2)C2C(=O)Nc3cc(Cl)ccc32)ccc1NC(=O)CN1CCN(C)CC1. The fraction of sp³-hybridized carbons (Fsp3) is 0.267. The number of hydrogen-bond acceptors (Lipinski definition) is 6. The van der Waals surface area contributed by atoms with E-state index in [9.17, 15) is 14.4 Å². The average Bonchev–Trinajstić information content (AvgIpc) is 3.24. The van der Waals surface area contributed by atoms with E-state index in [1.165, 1.54) is 6.92 Å². The zero-order valence-corrected chi connectivity index (χ0v) is 23.2. The average molecular weight is 559 g/mol. The Labute approximate surface area is 238 Å². The number of amides is 3. The summed E-state index contributed by atoms with van der Waals surface area (Å²) in [5.41, 5.74) is 4.21. The number of likely N-dealkylation sites (N-methyl/N-ethyl adjacent to an activating group) is 1. The molecule has 2 aliphatic rings. The minimum Gasteiger partial charge on any atom is -0.325 e. The zero-order chi connectivity index (χ0) is 28.2. The number of rotatable bonds is 7. The molecule has 5 rings (SSSR count). The molecular formula is C30H31ClN6O3. The van der Waals surface area contributed by atoms with Crippen LogP contribution in [0.1, 0.15) is 24.0 Å². The molecule has 1 saturated heterocycles. The highest BCUT2D eigenvalue weighted by Crippen LogP contribution is 2.38. The fourth-order valence-corrected chi connectivity index (χ4v) is 5.12. The molecule has 0 radical (unpaired) electrons. The Morgan fingerprint density at radius 3 is 2.45 bits per heavy atom. The van der Waals surface area contributed by atoms with Gasteiger partial charge in [0.2, 0.25) is 17.7 Å². The molecule has 3 aromatic carbocycles. The van der Waals surface area contributed by atoms with Crippen LogP contribution in [0.25, 0.3) is 0 Å². The van der Waals surface area contributed by atoms with Crippen molar-refractivity contribution in [1.82, 2.24) is 9.80 Å². The predicted octanol–water partition coefficient (Wildman–Crippen LogP) is 4.34. The summed E-state index contributed by atoms with van der Waals surface area (Å²) in [5, 5.41) is 9.18. The first kappa shape index (κ1) is 27.5. The summed E-state index contributed by atoms with van der Waals surface area (Å²) >= 11 is 6.16. The largest absolute Gasteiger partial charge is 0.325 e. The quantitative estimate of drug-likeness (QED) is 0.374. The predicted molar refractivity (Wildman–Crippen MR) is 159 cm³/mol. The van der Waals surface area contributed by atoms with Crippen LogP contribution in [0.15, 0.2) is 71.7 Å². The smallest absolute Gasteiger partial charge is 0.238 e. The van der Waals surface area contributed by atoms with Crippen LogP contribution in [0.3, 0.4) is 0 Å². The molecule has 3 aromatic rings. The van der Waals surface area contributed by atoms with Crippen LogP contribution in [0, 0.1) is 0 Å². The molecule has 3 N–H and O–H groups in total. The van der Waals surface area contributed by atoms with Gasteiger partial charge in [0.1, 0.15) is 5.92 Å². The van der Waals surface area contributed by atoms with Crippen molar-refractivity contribution in [3.63, 3.8) is 0 Å². The number of piperazine rings is 1. The third-order valence-corrected chi connectivity index (χ3v) is 7.23. The minimum absolute atomic E-state index is 0.157. The van der Waals surface area contributed by atoms with Gasteiger partial charge in [0.15, 0.2) is 0 Å². The molecule has 2 heterocycles. The van der Waals surface area contributed by atoms with Crippen molar-refractivity contribution in [2.45, 2.75) is 12.8 Å². The van der Waals surface area contributed by atoms with Gasteiger partial charge in [-0.1, -0.05) is 48.0 Å². The van der Waals surface area contributed by atoms with Gasteiger partial charge in [0.05, 0.1) is 29.3 Å². The minimum atomic E-state index is -0.651. The molecular weight excluding hydrogens is 528 g/mol. The lowest BCUT2D eigenvalue weighted by atomic mass is 9.90. The summed E-state index contributed by atoms with van der Waals surface area (Å²) in [6.45, 7) is 5.15. The molecule has 0 aliphatic carbocycles. The van der Waals surface area contributed by atoms with E-state index in [2.05, 4.69) is 32.8 Å². The fourth-order valence-electron chi connectivity index (χ4n) is 4.95. The Morgan fingerprint density at radius 2 is 1.73 bits per heavy atom. The molecule has 0 saturated carbocycles. The van der Waals surface area contributed by atoms with E-state index >= 15 is 0 Å². The Morgan fingerprint density at radius 1 is 0.975 bits per heavy atom. The molecule has 2 aliphatic heterocycles. The Hall–Kier alpha value is -4.05. The molecule has 3 amide bonds. The van der Waals surface area contributed by atoms with Crippen molar-refractivity contribution in [1.29, 1.82) is 0 Å². The van der Waals surface area contributed by atoms with Crippen LogP contribution in [-0.4, -0.2) is 73.0 Å². The summed E-state index contributed by atoms with van der Waals surface area (Å²) in [6.07, 6.45) is 0. The van der Waals surface area contributed by atoms with Gasteiger partial charge in [-0.3, -0.25) is 24.3 Å². The van der Waals surface area contributed by atoms with Crippen molar-refractivity contribution >= 4 is 57.8 Å². The van der Waals surface area contributed by atoms with Gasteiger partial charge in [-0.25, -0.2) is 0 Å². The van der Waals surface area contributed by atoms with Gasteiger partial charge >= 0.3 is 0 Å². The number of anilines is 3. The number of nitrogens with zero attached hydrogens (tertiary/aromatic N) is 3. The molecule has 1 fully saturated rings. The first-order chi connectivity index (χ1) is 19.3. The number of halogens is 1. The lowest BCUT2D eigenvalue weighted by molar-refractivity contribution is -0.118. The molecule has 0 spiro atoms. The second-order valence-electron chi connectivity index (χ2n) is 10.1. The molecule has 1 atom stereocenters. The standard InChI is InChI=1S/C30H31ClN6O3/c1-19(38)32-26-17-22(9-11-24(26)34-27(39)18-37-14-12-36(2)13-15-37)33-29(20-6-4-3-5-7-20)28-23-10-8-21(31)16-25(23)35-30(28)40/h3-11,16-17,28H,12-15,18H2,1-2H3,(H,32,38)(H,34,39)(H,35,40). The second kappa shape index (κ2) is 12.0. The summed E-state index contributed by atoms with van der Waals surface area (Å²) in [6, 6.07) is 20.0. The van der Waals surface area contributed by atoms with E-state index in [1.807, 2.05) is 36.4 Å². The van der Waals surface area contributed by atoms with Gasteiger partial charge in [-0.15, -0.1) is 0 Å². The monoisotopic (exact) mass is 558 g/mol. The topological polar surface area (TPSA) is 106 Å². The molecule has 206 valence electrons. The van der Waals surface area contributed by atoms with E-state index in [0.717, 1.165) is 37.3 Å². The first-order valence-electron chi connectivity index (χ1n) is 13.1. The van der Waals surface area contributed by atoms with Crippen LogP contribution in [0.2, 0.25) is 5.02 Å². The maximum Gasteiger partial charge on any atom is 0.238 e. The summed E-state index contributed by atoms with van der Waals surface area (Å²) in [7, 11) is 2.07. The van der Waals surface area contributed by atoms with Gasteiger partial charge in [0.25, 0.3) is 0 Å². The second-order valence-corrected chi connectivity index (χ2v) is 10.5. The molecule has 9 nitrogen and oxygen atoms in total.